The molecule has 19 heavy (non-hydrogen) atoms. The Bertz CT molecular complexity index is 520. The molecule has 2 atom stereocenters. The van der Waals surface area contributed by atoms with E-state index in [1.807, 2.05) is 19.9 Å². The highest BCUT2D eigenvalue weighted by Crippen LogP contribution is 2.15. The smallest absolute Gasteiger partial charge is 0.239 e. The molecule has 0 aliphatic rings. The second-order valence-electron chi connectivity index (χ2n) is 4.73. The minimum atomic E-state index is -1.20. The van der Waals surface area contributed by atoms with Gasteiger partial charge in [-0.1, -0.05) is 26.0 Å². The van der Waals surface area contributed by atoms with E-state index in [0.717, 1.165) is 0 Å². The fourth-order valence-corrected chi connectivity index (χ4v) is 2.76. The maximum atomic E-state index is 12.0. The van der Waals surface area contributed by atoms with Crippen LogP contribution in [0.5, 0.6) is 0 Å². The Kier molecular flexibility index (Phi) is 5.71. The van der Waals surface area contributed by atoms with Crippen LogP contribution in [0.3, 0.4) is 0 Å². The Hall–Kier alpha value is -1.67. The highest BCUT2D eigenvalue weighted by molar-refractivity contribution is 7.86. The molecule has 5 heteroatoms. The first-order valence-electron chi connectivity index (χ1n) is 6.13. The van der Waals surface area contributed by atoms with Crippen LogP contribution in [0.1, 0.15) is 26.3 Å². The Labute approximate surface area is 116 Å². The number of hydrogen-bond acceptors (Lipinski definition) is 3. The van der Waals surface area contributed by atoms with E-state index in [9.17, 15) is 9.00 Å². The molecule has 0 bridgehead atoms. The molecule has 0 aliphatic carbocycles. The first-order valence-corrected chi connectivity index (χ1v) is 7.51. The molecule has 0 spiro atoms. The number of para-hydroxylation sites is 1. The van der Waals surface area contributed by atoms with Gasteiger partial charge in [0.15, 0.2) is 0 Å². The molecule has 1 aromatic rings. The van der Waals surface area contributed by atoms with Crippen molar-refractivity contribution in [3.05, 3.63) is 29.8 Å². The van der Waals surface area contributed by atoms with Gasteiger partial charge in [-0.05, 0) is 25.0 Å². The number of hydrogen-bond donors (Lipinski definition) is 1. The lowest BCUT2D eigenvalue weighted by Gasteiger charge is -2.14. The molecule has 0 radical (unpaired) electrons. The first kappa shape index (κ1) is 15.4. The lowest BCUT2D eigenvalue weighted by molar-refractivity contribution is -0.115. The maximum absolute atomic E-state index is 12.0. The normalized spacial score (nSPS) is 13.6. The molecule has 4 nitrogen and oxygen atoms in total. The Morgan fingerprint density at radius 1 is 1.37 bits per heavy atom. The lowest BCUT2D eigenvalue weighted by atomic mass is 10.2. The van der Waals surface area contributed by atoms with Gasteiger partial charge < -0.3 is 5.32 Å². The standard InChI is InChI=1S/C14H18N2O2S/c1-10(2)9-19(18)11(3)14(17)16-13-7-5-4-6-12(13)8-15/h4-7,10-11H,9H2,1-3H3,(H,16,17). The average Bonchev–Trinajstić information content (AvgIpc) is 2.37. The third kappa shape index (κ3) is 4.49. The molecule has 1 amide bonds. The summed E-state index contributed by atoms with van der Waals surface area (Å²) in [7, 11) is -1.20. The van der Waals surface area contributed by atoms with Gasteiger partial charge >= 0.3 is 0 Å². The third-order valence-electron chi connectivity index (χ3n) is 2.57. The van der Waals surface area contributed by atoms with Crippen molar-refractivity contribution in [1.82, 2.24) is 0 Å². The molecule has 0 aliphatic heterocycles. The molecule has 1 rings (SSSR count). The number of amides is 1. The second-order valence-corrected chi connectivity index (χ2v) is 6.53. The number of rotatable bonds is 5. The Morgan fingerprint density at radius 2 is 2.00 bits per heavy atom. The van der Waals surface area contributed by atoms with Crippen LogP contribution in [0.4, 0.5) is 5.69 Å². The van der Waals surface area contributed by atoms with Crippen molar-refractivity contribution in [2.24, 2.45) is 5.92 Å². The number of benzene rings is 1. The number of anilines is 1. The van der Waals surface area contributed by atoms with Crippen LogP contribution in [-0.4, -0.2) is 21.1 Å². The molecule has 1 N–H and O–H groups in total. The van der Waals surface area contributed by atoms with Gasteiger partial charge in [-0.15, -0.1) is 0 Å². The van der Waals surface area contributed by atoms with Crippen LogP contribution < -0.4 is 5.32 Å². The number of carbonyl (C=O) groups excluding carboxylic acids is 1. The molecule has 0 fully saturated rings. The second kappa shape index (κ2) is 7.05. The molecule has 0 aromatic heterocycles. The van der Waals surface area contributed by atoms with Gasteiger partial charge in [0.2, 0.25) is 5.91 Å². The van der Waals surface area contributed by atoms with Gasteiger partial charge in [-0.25, -0.2) is 0 Å². The van der Waals surface area contributed by atoms with Crippen molar-refractivity contribution in [2.75, 3.05) is 11.1 Å². The van der Waals surface area contributed by atoms with Crippen molar-refractivity contribution in [3.8, 4) is 6.07 Å². The summed E-state index contributed by atoms with van der Waals surface area (Å²) in [5.41, 5.74) is 0.862. The van der Waals surface area contributed by atoms with Crippen molar-refractivity contribution in [3.63, 3.8) is 0 Å². The quantitative estimate of drug-likeness (QED) is 0.898. The first-order chi connectivity index (χ1) is 8.95. The van der Waals surface area contributed by atoms with Crippen LogP contribution >= 0.6 is 0 Å². The van der Waals surface area contributed by atoms with Crippen LogP contribution in [0.2, 0.25) is 0 Å². The van der Waals surface area contributed by atoms with E-state index < -0.39 is 16.0 Å². The van der Waals surface area contributed by atoms with Crippen LogP contribution in [0.15, 0.2) is 24.3 Å². The van der Waals surface area contributed by atoms with E-state index in [-0.39, 0.29) is 11.8 Å². The van der Waals surface area contributed by atoms with Crippen molar-refractivity contribution < 1.29 is 9.00 Å². The highest BCUT2D eigenvalue weighted by Gasteiger charge is 2.21. The predicted molar refractivity (Wildman–Crippen MR) is 77.1 cm³/mol. The van der Waals surface area contributed by atoms with E-state index in [2.05, 4.69) is 5.32 Å². The minimum absolute atomic E-state index is 0.280. The van der Waals surface area contributed by atoms with Crippen molar-refractivity contribution in [2.45, 2.75) is 26.0 Å². The predicted octanol–water partition coefficient (Wildman–Crippen LogP) is 2.29. The highest BCUT2D eigenvalue weighted by atomic mass is 32.2. The van der Waals surface area contributed by atoms with Gasteiger partial charge in [-0.2, -0.15) is 5.26 Å². The summed E-state index contributed by atoms with van der Waals surface area (Å²) in [6.45, 7) is 5.57. The van der Waals surface area contributed by atoms with Gasteiger partial charge in [0.25, 0.3) is 0 Å². The Morgan fingerprint density at radius 3 is 2.58 bits per heavy atom. The minimum Gasteiger partial charge on any atom is -0.324 e. The molecule has 102 valence electrons. The fourth-order valence-electron chi connectivity index (χ4n) is 1.52. The van der Waals surface area contributed by atoms with E-state index >= 15 is 0 Å². The zero-order chi connectivity index (χ0) is 14.4. The van der Waals surface area contributed by atoms with Crippen LogP contribution in [0, 0.1) is 17.2 Å². The molecule has 0 saturated carbocycles. The molecule has 0 saturated heterocycles. The molecule has 0 heterocycles. The van der Waals surface area contributed by atoms with Gasteiger partial charge in [0.05, 0.1) is 11.3 Å². The summed E-state index contributed by atoms with van der Waals surface area (Å²) < 4.78 is 11.9. The van der Waals surface area contributed by atoms with E-state index in [0.29, 0.717) is 17.0 Å². The molecule has 2 unspecified atom stereocenters. The zero-order valence-corrected chi connectivity index (χ0v) is 12.2. The largest absolute Gasteiger partial charge is 0.324 e. The third-order valence-corrected chi connectivity index (χ3v) is 4.56. The van der Waals surface area contributed by atoms with E-state index in [1.165, 1.54) is 0 Å². The topological polar surface area (TPSA) is 70.0 Å². The van der Waals surface area contributed by atoms with Gasteiger partial charge in [0.1, 0.15) is 11.3 Å². The summed E-state index contributed by atoms with van der Waals surface area (Å²) in [5, 5.41) is 11.0. The van der Waals surface area contributed by atoms with Crippen molar-refractivity contribution in [1.29, 1.82) is 5.26 Å². The lowest BCUT2D eigenvalue weighted by Crippen LogP contribution is -2.31. The summed E-state index contributed by atoms with van der Waals surface area (Å²) in [4.78, 5) is 12.0. The summed E-state index contributed by atoms with van der Waals surface area (Å²) >= 11 is 0. The molecular formula is C14H18N2O2S. The number of nitrogens with zero attached hydrogens (tertiary/aromatic N) is 1. The fraction of sp³-hybridized carbons (Fsp3) is 0.429. The number of carbonyl (C=O) groups is 1. The number of nitrogens with one attached hydrogen (secondary N) is 1. The van der Waals surface area contributed by atoms with Gasteiger partial charge in [-0.3, -0.25) is 9.00 Å². The van der Waals surface area contributed by atoms with Gasteiger partial charge in [0, 0.05) is 16.6 Å². The van der Waals surface area contributed by atoms with E-state index in [4.69, 9.17) is 5.26 Å². The SMILES string of the molecule is CC(C)CS(=O)C(C)C(=O)Nc1ccccc1C#N. The summed E-state index contributed by atoms with van der Waals surface area (Å²) in [5.74, 6) is 0.457. The van der Waals surface area contributed by atoms with Crippen molar-refractivity contribution >= 4 is 22.4 Å². The zero-order valence-electron chi connectivity index (χ0n) is 11.3. The summed E-state index contributed by atoms with van der Waals surface area (Å²) in [6, 6.07) is 8.78. The molecule has 1 aromatic carbocycles. The van der Waals surface area contributed by atoms with E-state index in [1.54, 1.807) is 31.2 Å². The maximum Gasteiger partial charge on any atom is 0.239 e. The molecular weight excluding hydrogens is 260 g/mol. The monoisotopic (exact) mass is 278 g/mol. The van der Waals surface area contributed by atoms with Crippen LogP contribution in [0.25, 0.3) is 0 Å². The summed E-state index contributed by atoms with van der Waals surface area (Å²) in [6.07, 6.45) is 0. The average molecular weight is 278 g/mol. The van der Waals surface area contributed by atoms with Crippen LogP contribution in [-0.2, 0) is 15.6 Å². The number of nitriles is 1. The Balaban J connectivity index is 2.75.